The van der Waals surface area contributed by atoms with Crippen LogP contribution in [-0.4, -0.2) is 70.0 Å². The zero-order valence-electron chi connectivity index (χ0n) is 18.7. The van der Waals surface area contributed by atoms with Gasteiger partial charge in [-0.15, -0.1) is 12.4 Å². The molecule has 0 unspecified atom stereocenters. The van der Waals surface area contributed by atoms with Crippen LogP contribution in [0, 0.1) is 0 Å². The van der Waals surface area contributed by atoms with E-state index in [0.29, 0.717) is 44.6 Å². The van der Waals surface area contributed by atoms with E-state index in [0.717, 1.165) is 36.0 Å². The second-order valence-electron chi connectivity index (χ2n) is 8.10. The topological polar surface area (TPSA) is 94.1 Å². The molecule has 0 radical (unpaired) electrons. The van der Waals surface area contributed by atoms with Crippen LogP contribution in [0.5, 0.6) is 0 Å². The molecular formula is C23H30ClN5O3S. The molecule has 2 aromatic carbocycles. The molecule has 0 spiro atoms. The zero-order valence-corrected chi connectivity index (χ0v) is 20.3. The van der Waals surface area contributed by atoms with E-state index in [1.54, 1.807) is 0 Å². The average Bonchev–Trinajstić information content (AvgIpc) is 3.31. The van der Waals surface area contributed by atoms with E-state index in [2.05, 4.69) is 20.5 Å². The summed E-state index contributed by atoms with van der Waals surface area (Å²) in [5.41, 5.74) is 3.80. The molecule has 10 heteroatoms. The number of rotatable bonds is 7. The van der Waals surface area contributed by atoms with Gasteiger partial charge in [-0.05, 0) is 48.4 Å². The molecule has 0 bridgehead atoms. The van der Waals surface area contributed by atoms with Crippen LogP contribution in [0.25, 0.3) is 0 Å². The van der Waals surface area contributed by atoms with Gasteiger partial charge in [0.05, 0.1) is 12.8 Å². The van der Waals surface area contributed by atoms with Crippen LogP contribution in [0.15, 0.2) is 53.5 Å². The largest absolute Gasteiger partial charge is 0.369 e. The Balaban J connectivity index is 0.00000306. The van der Waals surface area contributed by atoms with Crippen molar-refractivity contribution < 1.29 is 13.2 Å². The standard InChI is InChI=1S/C23H29N5O3S.ClH/c1-32(30,31)28-16-14-27(15-17-28)21-9-5-19(6-10-21)22(29)11-4-18-2-7-20(8-3-18)26-23-24-12-13-25-23;/h2-3,5-10H,4,11-17H2,1H3,(H2,24,25,26);1H. The van der Waals surface area contributed by atoms with E-state index in [9.17, 15) is 13.2 Å². The lowest BCUT2D eigenvalue weighted by atomic mass is 10.0. The molecule has 0 saturated carbocycles. The maximum atomic E-state index is 12.6. The number of sulfonamides is 1. The second-order valence-corrected chi connectivity index (χ2v) is 10.1. The van der Waals surface area contributed by atoms with Crippen molar-refractivity contribution in [3.8, 4) is 0 Å². The van der Waals surface area contributed by atoms with Gasteiger partial charge in [0.2, 0.25) is 10.0 Å². The van der Waals surface area contributed by atoms with Crippen LogP contribution in [0.2, 0.25) is 0 Å². The van der Waals surface area contributed by atoms with Gasteiger partial charge in [0.1, 0.15) is 0 Å². The van der Waals surface area contributed by atoms with Crippen molar-refractivity contribution in [2.45, 2.75) is 12.8 Å². The quantitative estimate of drug-likeness (QED) is 0.577. The van der Waals surface area contributed by atoms with E-state index in [1.165, 1.54) is 10.6 Å². The Bertz CT molecular complexity index is 1080. The maximum Gasteiger partial charge on any atom is 0.211 e. The first-order valence-electron chi connectivity index (χ1n) is 10.9. The van der Waals surface area contributed by atoms with Gasteiger partial charge in [0.25, 0.3) is 0 Å². The van der Waals surface area contributed by atoms with Crippen LogP contribution >= 0.6 is 12.4 Å². The molecule has 2 heterocycles. The number of aryl methyl sites for hydroxylation is 1. The summed E-state index contributed by atoms with van der Waals surface area (Å²) >= 11 is 0. The normalized spacial score (nSPS) is 16.5. The average molecular weight is 492 g/mol. The summed E-state index contributed by atoms with van der Waals surface area (Å²) in [7, 11) is -3.14. The minimum absolute atomic E-state index is 0. The molecule has 4 rings (SSSR count). The highest BCUT2D eigenvalue weighted by Gasteiger charge is 2.23. The smallest absolute Gasteiger partial charge is 0.211 e. The molecule has 0 amide bonds. The maximum absolute atomic E-state index is 12.6. The lowest BCUT2D eigenvalue weighted by molar-refractivity contribution is 0.0983. The van der Waals surface area contributed by atoms with Gasteiger partial charge in [-0.25, -0.2) is 8.42 Å². The van der Waals surface area contributed by atoms with E-state index < -0.39 is 10.0 Å². The fraction of sp³-hybridized carbons (Fsp3) is 0.391. The number of ketones is 1. The molecule has 1 saturated heterocycles. The van der Waals surface area contributed by atoms with Crippen molar-refractivity contribution in [1.29, 1.82) is 0 Å². The van der Waals surface area contributed by atoms with Crippen molar-refractivity contribution in [3.05, 3.63) is 59.7 Å². The third-order valence-corrected chi connectivity index (χ3v) is 7.10. The van der Waals surface area contributed by atoms with Gasteiger partial charge in [0.15, 0.2) is 11.7 Å². The Hall–Kier alpha value is -2.62. The first kappa shape index (κ1) is 25.0. The predicted octanol–water partition coefficient (Wildman–Crippen LogP) is 2.38. The Morgan fingerprint density at radius 3 is 2.27 bits per heavy atom. The summed E-state index contributed by atoms with van der Waals surface area (Å²) < 4.78 is 24.8. The molecule has 2 aromatic rings. The molecular weight excluding hydrogens is 462 g/mol. The molecule has 0 aromatic heterocycles. The van der Waals surface area contributed by atoms with Crippen molar-refractivity contribution in [3.63, 3.8) is 0 Å². The zero-order chi connectivity index (χ0) is 22.6. The highest BCUT2D eigenvalue weighted by Crippen LogP contribution is 2.20. The number of benzene rings is 2. The number of hydrogen-bond donors (Lipinski definition) is 2. The Labute approximate surface area is 201 Å². The van der Waals surface area contributed by atoms with E-state index >= 15 is 0 Å². The van der Waals surface area contributed by atoms with Crippen LogP contribution < -0.4 is 15.5 Å². The third kappa shape index (κ3) is 6.69. The number of piperazine rings is 1. The van der Waals surface area contributed by atoms with Gasteiger partial charge < -0.3 is 15.5 Å². The number of anilines is 2. The van der Waals surface area contributed by atoms with Gasteiger partial charge >= 0.3 is 0 Å². The highest BCUT2D eigenvalue weighted by atomic mass is 35.5. The second kappa shape index (κ2) is 11.0. The number of Topliss-reactive ketones (excluding diaryl/α,β-unsaturated/α-hetero) is 1. The summed E-state index contributed by atoms with van der Waals surface area (Å²) in [5, 5.41) is 6.41. The molecule has 2 aliphatic rings. The van der Waals surface area contributed by atoms with E-state index in [1.807, 2.05) is 48.5 Å². The number of guanidine groups is 1. The molecule has 1 fully saturated rings. The lowest BCUT2D eigenvalue weighted by Gasteiger charge is -2.34. The summed E-state index contributed by atoms with van der Waals surface area (Å²) in [6.07, 6.45) is 2.39. The number of aliphatic imine (C=N–C) groups is 1. The van der Waals surface area contributed by atoms with Crippen LogP contribution in [-0.2, 0) is 16.4 Å². The van der Waals surface area contributed by atoms with Crippen molar-refractivity contribution >= 4 is 45.5 Å². The number of carbonyl (C=O) groups is 1. The SMILES string of the molecule is CS(=O)(=O)N1CCN(c2ccc(C(=O)CCc3ccc(NC4=NCCN4)cc3)cc2)CC1.Cl. The van der Waals surface area contributed by atoms with Gasteiger partial charge in [-0.1, -0.05) is 12.1 Å². The summed E-state index contributed by atoms with van der Waals surface area (Å²) in [6.45, 7) is 3.92. The number of nitrogens with one attached hydrogen (secondary N) is 2. The lowest BCUT2D eigenvalue weighted by Crippen LogP contribution is -2.48. The summed E-state index contributed by atoms with van der Waals surface area (Å²) in [6, 6.07) is 15.7. The molecule has 8 nitrogen and oxygen atoms in total. The van der Waals surface area contributed by atoms with Gasteiger partial charge in [0, 0.05) is 56.1 Å². The van der Waals surface area contributed by atoms with Crippen LogP contribution in [0.4, 0.5) is 11.4 Å². The number of hydrogen-bond acceptors (Lipinski definition) is 7. The number of halogens is 1. The molecule has 2 aliphatic heterocycles. The van der Waals surface area contributed by atoms with Crippen molar-refractivity contribution in [1.82, 2.24) is 9.62 Å². The van der Waals surface area contributed by atoms with Gasteiger partial charge in [-0.3, -0.25) is 9.79 Å². The first-order valence-corrected chi connectivity index (χ1v) is 12.7. The molecule has 178 valence electrons. The molecule has 0 aliphatic carbocycles. The fourth-order valence-electron chi connectivity index (χ4n) is 3.91. The third-order valence-electron chi connectivity index (χ3n) is 5.79. The molecule has 0 atom stereocenters. The first-order chi connectivity index (χ1) is 15.4. The van der Waals surface area contributed by atoms with Crippen molar-refractivity contribution in [2.75, 3.05) is 55.7 Å². The Morgan fingerprint density at radius 1 is 1.03 bits per heavy atom. The Kier molecular flexibility index (Phi) is 8.34. The van der Waals surface area contributed by atoms with E-state index in [4.69, 9.17) is 0 Å². The summed E-state index contributed by atoms with van der Waals surface area (Å²) in [5.74, 6) is 0.916. The van der Waals surface area contributed by atoms with Gasteiger partial charge in [-0.2, -0.15) is 4.31 Å². The van der Waals surface area contributed by atoms with E-state index in [-0.39, 0.29) is 18.2 Å². The van der Waals surface area contributed by atoms with Crippen molar-refractivity contribution in [2.24, 2.45) is 4.99 Å². The van der Waals surface area contributed by atoms with Crippen LogP contribution in [0.1, 0.15) is 22.3 Å². The molecule has 2 N–H and O–H groups in total. The Morgan fingerprint density at radius 2 is 1.70 bits per heavy atom. The predicted molar refractivity (Wildman–Crippen MR) is 135 cm³/mol. The fourth-order valence-corrected chi connectivity index (χ4v) is 4.74. The number of carbonyl (C=O) groups excluding carboxylic acids is 1. The molecule has 33 heavy (non-hydrogen) atoms. The number of nitrogens with zero attached hydrogens (tertiary/aromatic N) is 3. The highest BCUT2D eigenvalue weighted by molar-refractivity contribution is 7.88. The minimum atomic E-state index is -3.14. The monoisotopic (exact) mass is 491 g/mol. The minimum Gasteiger partial charge on any atom is -0.369 e. The summed E-state index contributed by atoms with van der Waals surface area (Å²) in [4.78, 5) is 19.1. The van der Waals surface area contributed by atoms with Crippen LogP contribution in [0.3, 0.4) is 0 Å².